The molecule has 1 aromatic carbocycles. The van der Waals surface area contributed by atoms with Crippen molar-refractivity contribution in [2.75, 3.05) is 11.9 Å². The molecule has 1 aromatic rings. The maximum Gasteiger partial charge on any atom is 1.00 e. The molecule has 0 spiro atoms. The molecule has 1 rings (SSSR count). The summed E-state index contributed by atoms with van der Waals surface area (Å²) in [6, 6.07) is 4.11. The summed E-state index contributed by atoms with van der Waals surface area (Å²) in [5, 5.41) is 25.2. The molecule has 0 aliphatic rings. The first-order chi connectivity index (χ1) is 15.6. The summed E-state index contributed by atoms with van der Waals surface area (Å²) in [4.78, 5) is 22.0. The van der Waals surface area contributed by atoms with E-state index in [0.717, 1.165) is 19.4 Å². The van der Waals surface area contributed by atoms with Crippen LogP contribution < -0.4 is 74.6 Å². The van der Waals surface area contributed by atoms with E-state index in [1.54, 1.807) is 6.07 Å². The maximum atomic E-state index is 11.1. The molecule has 1 N–H and O–H groups in total. The van der Waals surface area contributed by atoms with E-state index in [9.17, 15) is 19.8 Å². The zero-order valence-electron chi connectivity index (χ0n) is 22.1. The molecule has 0 fully saturated rings. The van der Waals surface area contributed by atoms with Gasteiger partial charge in [-0.3, -0.25) is 0 Å². The maximum absolute atomic E-state index is 11.1. The summed E-state index contributed by atoms with van der Waals surface area (Å²) < 4.78 is 0. The van der Waals surface area contributed by atoms with Gasteiger partial charge in [-0.1, -0.05) is 116 Å². The summed E-state index contributed by atoms with van der Waals surface area (Å²) in [5.41, 5.74) is -0.114. The molecule has 34 heavy (non-hydrogen) atoms. The first-order valence-corrected chi connectivity index (χ1v) is 12.9. The van der Waals surface area contributed by atoms with Gasteiger partial charge in [-0.2, -0.15) is 0 Å². The van der Waals surface area contributed by atoms with Gasteiger partial charge < -0.3 is 25.1 Å². The summed E-state index contributed by atoms with van der Waals surface area (Å²) in [6.45, 7) is 3.00. The number of rotatable bonds is 21. The second-order valence-electron chi connectivity index (χ2n) is 8.92. The number of carbonyl (C=O) groups excluding carboxylic acids is 2. The minimum absolute atomic E-state index is 0. The molecule has 0 unspecified atom stereocenters. The van der Waals surface area contributed by atoms with Crippen LogP contribution in [0.5, 0.6) is 0 Å². The van der Waals surface area contributed by atoms with Crippen molar-refractivity contribution >= 4 is 17.6 Å². The van der Waals surface area contributed by atoms with Gasteiger partial charge in [0.1, 0.15) is 0 Å². The van der Waals surface area contributed by atoms with Crippen molar-refractivity contribution in [2.45, 2.75) is 116 Å². The largest absolute Gasteiger partial charge is 1.00 e. The Balaban J connectivity index is 0. The molecular weight excluding hydrogens is 448 g/mol. The van der Waals surface area contributed by atoms with Gasteiger partial charge in [-0.15, -0.1) is 0 Å². The van der Waals surface area contributed by atoms with E-state index in [1.807, 2.05) is 0 Å². The number of benzene rings is 1. The Bertz CT molecular complexity index is 656. The minimum Gasteiger partial charge on any atom is -0.545 e. The van der Waals surface area contributed by atoms with E-state index in [-0.39, 0.29) is 70.2 Å². The Kier molecular flexibility index (Phi) is 26.2. The molecule has 0 amide bonds. The Hall–Kier alpha value is -0.0400. The van der Waals surface area contributed by atoms with Gasteiger partial charge in [0.25, 0.3) is 0 Å². The molecule has 0 saturated carbocycles. The van der Waals surface area contributed by atoms with Gasteiger partial charge in [-0.25, -0.2) is 0 Å². The number of carbonyl (C=O) groups is 2. The van der Waals surface area contributed by atoms with Crippen LogP contribution in [0, 0.1) is 0 Å². The second kappa shape index (κ2) is 24.6. The van der Waals surface area contributed by atoms with Gasteiger partial charge in [0.2, 0.25) is 0 Å². The van der Waals surface area contributed by atoms with Crippen LogP contribution in [0.4, 0.5) is 5.69 Å². The van der Waals surface area contributed by atoms with Gasteiger partial charge in [-0.05, 0) is 18.6 Å². The Morgan fingerprint density at radius 1 is 0.618 bits per heavy atom. The number of nitrogens with one attached hydrogen (secondary N) is 1. The van der Waals surface area contributed by atoms with E-state index >= 15 is 0 Å². The summed E-state index contributed by atoms with van der Waals surface area (Å²) in [7, 11) is 0. The summed E-state index contributed by atoms with van der Waals surface area (Å²) in [6.07, 6.45) is 22.6. The van der Waals surface area contributed by atoms with Crippen LogP contribution in [0.3, 0.4) is 0 Å². The number of unbranched alkanes of at least 4 members (excludes halogenated alkanes) is 16. The SMILES string of the molecule is CCCCCCCCCCCCCCCCCCCNc1ccc(C(=O)[O-])c(C(=O)[O-])c1.[Na+].[Na+]. The van der Waals surface area contributed by atoms with E-state index in [2.05, 4.69) is 12.2 Å². The van der Waals surface area contributed by atoms with Crippen LogP contribution in [0.25, 0.3) is 0 Å². The molecule has 0 aromatic heterocycles. The molecule has 0 radical (unpaired) electrons. The van der Waals surface area contributed by atoms with Crippen LogP contribution in [-0.2, 0) is 0 Å². The van der Waals surface area contributed by atoms with Crippen LogP contribution in [0.2, 0.25) is 0 Å². The van der Waals surface area contributed by atoms with Gasteiger partial charge >= 0.3 is 59.1 Å². The molecule has 0 aliphatic heterocycles. The molecular formula is C27H43NNa2O4. The van der Waals surface area contributed by atoms with E-state index in [4.69, 9.17) is 0 Å². The van der Waals surface area contributed by atoms with Crippen molar-refractivity contribution in [1.29, 1.82) is 0 Å². The number of hydrogen-bond acceptors (Lipinski definition) is 5. The molecule has 0 heterocycles. The molecule has 0 atom stereocenters. The van der Waals surface area contributed by atoms with E-state index in [1.165, 1.54) is 108 Å². The van der Waals surface area contributed by atoms with Crippen molar-refractivity contribution in [3.8, 4) is 0 Å². The first-order valence-electron chi connectivity index (χ1n) is 12.9. The van der Waals surface area contributed by atoms with Crippen LogP contribution >= 0.6 is 0 Å². The first kappa shape index (κ1) is 36.1. The van der Waals surface area contributed by atoms with Crippen LogP contribution in [0.1, 0.15) is 137 Å². The van der Waals surface area contributed by atoms with Crippen molar-refractivity contribution in [3.63, 3.8) is 0 Å². The standard InChI is InChI=1S/C27H45NO4.2Na/c1-2-3-4-5-6-7-8-9-10-11-12-13-14-15-16-17-18-21-28-23-19-20-24(26(29)30)25(22-23)27(31)32;;/h19-20,22,28H,2-18,21H2,1H3,(H,29,30)(H,31,32);;/q;2*+1/p-2. The fourth-order valence-electron chi connectivity index (χ4n) is 4.08. The van der Waals surface area contributed by atoms with Crippen molar-refractivity contribution < 1.29 is 78.9 Å². The van der Waals surface area contributed by atoms with E-state index in [0.29, 0.717) is 5.69 Å². The zero-order chi connectivity index (χ0) is 23.4. The second-order valence-corrected chi connectivity index (χ2v) is 8.92. The molecule has 0 saturated heterocycles. The van der Waals surface area contributed by atoms with Crippen LogP contribution in [-0.4, -0.2) is 18.5 Å². The number of aromatic carboxylic acids is 2. The summed E-state index contributed by atoms with van der Waals surface area (Å²) >= 11 is 0. The molecule has 0 aliphatic carbocycles. The molecule has 0 bridgehead atoms. The van der Waals surface area contributed by atoms with Crippen molar-refractivity contribution in [1.82, 2.24) is 0 Å². The van der Waals surface area contributed by atoms with Gasteiger partial charge in [0, 0.05) is 23.4 Å². The normalized spacial score (nSPS) is 10.3. The van der Waals surface area contributed by atoms with E-state index < -0.39 is 11.9 Å². The van der Waals surface area contributed by atoms with Gasteiger partial charge in [0.05, 0.1) is 11.9 Å². The Morgan fingerprint density at radius 3 is 1.38 bits per heavy atom. The van der Waals surface area contributed by atoms with Crippen molar-refractivity contribution in [3.05, 3.63) is 29.3 Å². The predicted octanol–water partition coefficient (Wildman–Crippen LogP) is -0.515. The topological polar surface area (TPSA) is 92.3 Å². The third kappa shape index (κ3) is 18.3. The minimum atomic E-state index is -1.51. The average Bonchev–Trinajstić information content (AvgIpc) is 2.78. The third-order valence-electron chi connectivity index (χ3n) is 6.07. The molecule has 182 valence electrons. The van der Waals surface area contributed by atoms with Crippen molar-refractivity contribution in [2.24, 2.45) is 0 Å². The number of carboxylic acids is 2. The fourth-order valence-corrected chi connectivity index (χ4v) is 4.08. The smallest absolute Gasteiger partial charge is 0.545 e. The fraction of sp³-hybridized carbons (Fsp3) is 0.704. The number of hydrogen-bond donors (Lipinski definition) is 1. The number of anilines is 1. The Labute approximate surface area is 251 Å². The predicted molar refractivity (Wildman–Crippen MR) is 128 cm³/mol. The number of carboxylic acid groups (broad SMARTS) is 2. The molecule has 7 heteroatoms. The van der Waals surface area contributed by atoms with Gasteiger partial charge in [0.15, 0.2) is 0 Å². The average molecular weight is 492 g/mol. The molecule has 5 nitrogen and oxygen atoms in total. The Morgan fingerprint density at radius 2 is 1.00 bits per heavy atom. The third-order valence-corrected chi connectivity index (χ3v) is 6.07. The summed E-state index contributed by atoms with van der Waals surface area (Å²) in [5.74, 6) is -3.02. The quantitative estimate of drug-likeness (QED) is 0.185. The zero-order valence-corrected chi connectivity index (χ0v) is 26.1. The monoisotopic (exact) mass is 491 g/mol. The van der Waals surface area contributed by atoms with Crippen LogP contribution in [0.15, 0.2) is 18.2 Å².